The summed E-state index contributed by atoms with van der Waals surface area (Å²) < 4.78 is 4.82. The van der Waals surface area contributed by atoms with E-state index in [0.717, 1.165) is 31.6 Å². The molecule has 20 heavy (non-hydrogen) atoms. The molecule has 1 saturated heterocycles. The van der Waals surface area contributed by atoms with Crippen LogP contribution in [0.25, 0.3) is 0 Å². The van der Waals surface area contributed by atoms with E-state index in [2.05, 4.69) is 4.90 Å². The molecule has 1 aliphatic rings. The fraction of sp³-hybridized carbons (Fsp3) is 0.533. The highest BCUT2D eigenvalue weighted by Gasteiger charge is 2.26. The molecule has 110 valence electrons. The molecule has 0 radical (unpaired) electrons. The largest absolute Gasteiger partial charge is 0.465 e. The maximum Gasteiger partial charge on any atom is 0.340 e. The molecule has 0 spiro atoms. The van der Waals surface area contributed by atoms with Crippen LogP contribution < -0.4 is 10.6 Å². The quantitative estimate of drug-likeness (QED) is 0.649. The van der Waals surface area contributed by atoms with E-state index in [-0.39, 0.29) is 12.1 Å². The fourth-order valence-corrected chi connectivity index (χ4v) is 2.79. The van der Waals surface area contributed by atoms with E-state index in [1.54, 1.807) is 18.2 Å². The van der Waals surface area contributed by atoms with Crippen molar-refractivity contribution >= 4 is 17.3 Å². The number of esters is 1. The number of hydrogen-bond acceptors (Lipinski definition) is 5. The predicted octanol–water partition coefficient (Wildman–Crippen LogP) is 1.65. The van der Waals surface area contributed by atoms with E-state index in [0.29, 0.717) is 17.2 Å². The zero-order valence-corrected chi connectivity index (χ0v) is 12.0. The molecule has 1 atom stereocenters. The summed E-state index contributed by atoms with van der Waals surface area (Å²) in [6.07, 6.45) is 1.50. The number of nitrogen functional groups attached to an aromatic ring is 1. The number of aliphatic hydroxyl groups excluding tert-OH is 1. The molecule has 1 aromatic rings. The molecule has 1 fully saturated rings. The van der Waals surface area contributed by atoms with Crippen LogP contribution in [0.4, 0.5) is 11.4 Å². The van der Waals surface area contributed by atoms with Crippen LogP contribution in [0.5, 0.6) is 0 Å². The zero-order valence-electron chi connectivity index (χ0n) is 12.0. The van der Waals surface area contributed by atoms with Gasteiger partial charge in [-0.3, -0.25) is 0 Å². The first-order chi connectivity index (χ1) is 9.54. The lowest BCUT2D eigenvalue weighted by atomic mass is 9.91. The van der Waals surface area contributed by atoms with Crippen molar-refractivity contribution in [1.82, 2.24) is 0 Å². The molecular formula is C15H22N2O3. The van der Waals surface area contributed by atoms with Crippen molar-refractivity contribution in [2.45, 2.75) is 25.9 Å². The number of methoxy groups -OCH3 is 1. The van der Waals surface area contributed by atoms with Gasteiger partial charge in [0.05, 0.1) is 30.2 Å². The standard InChI is InChI=1S/C15H22N2O3/c1-10(18)11-6-8-17(9-7-11)14-12(15(19)20-2)4-3-5-13(14)16/h3-5,10-11,18H,6-9,16H2,1-2H3. The summed E-state index contributed by atoms with van der Waals surface area (Å²) in [5, 5.41) is 9.65. The van der Waals surface area contributed by atoms with E-state index in [4.69, 9.17) is 10.5 Å². The maximum atomic E-state index is 11.9. The summed E-state index contributed by atoms with van der Waals surface area (Å²) >= 11 is 0. The third kappa shape index (κ3) is 2.88. The van der Waals surface area contributed by atoms with Crippen LogP contribution in [0.3, 0.4) is 0 Å². The number of carbonyl (C=O) groups is 1. The maximum absolute atomic E-state index is 11.9. The first-order valence-electron chi connectivity index (χ1n) is 6.94. The second kappa shape index (κ2) is 6.13. The van der Waals surface area contributed by atoms with Gasteiger partial charge in [0.25, 0.3) is 0 Å². The van der Waals surface area contributed by atoms with Crippen molar-refractivity contribution in [2.24, 2.45) is 5.92 Å². The van der Waals surface area contributed by atoms with E-state index in [1.807, 2.05) is 6.92 Å². The van der Waals surface area contributed by atoms with Crippen LogP contribution in [0.2, 0.25) is 0 Å². The Hall–Kier alpha value is -1.75. The molecule has 0 saturated carbocycles. The zero-order chi connectivity index (χ0) is 14.7. The number of para-hydroxylation sites is 1. The highest BCUT2D eigenvalue weighted by atomic mass is 16.5. The predicted molar refractivity (Wildman–Crippen MR) is 78.8 cm³/mol. The van der Waals surface area contributed by atoms with Gasteiger partial charge in [0, 0.05) is 13.1 Å². The minimum atomic E-state index is -0.370. The van der Waals surface area contributed by atoms with Gasteiger partial charge in [-0.2, -0.15) is 0 Å². The van der Waals surface area contributed by atoms with Gasteiger partial charge in [0.2, 0.25) is 0 Å². The van der Waals surface area contributed by atoms with E-state index >= 15 is 0 Å². The van der Waals surface area contributed by atoms with E-state index < -0.39 is 0 Å². The number of piperidine rings is 1. The Morgan fingerprint density at radius 3 is 2.65 bits per heavy atom. The Labute approximate surface area is 119 Å². The highest BCUT2D eigenvalue weighted by molar-refractivity contribution is 5.99. The SMILES string of the molecule is COC(=O)c1cccc(N)c1N1CCC(C(C)O)CC1. The molecular weight excluding hydrogens is 256 g/mol. The Kier molecular flexibility index (Phi) is 4.49. The topological polar surface area (TPSA) is 75.8 Å². The first-order valence-corrected chi connectivity index (χ1v) is 6.94. The van der Waals surface area contributed by atoms with Gasteiger partial charge in [-0.05, 0) is 37.8 Å². The van der Waals surface area contributed by atoms with Crippen molar-refractivity contribution in [3.05, 3.63) is 23.8 Å². The van der Waals surface area contributed by atoms with Crippen molar-refractivity contribution in [2.75, 3.05) is 30.8 Å². The second-order valence-corrected chi connectivity index (χ2v) is 5.30. The van der Waals surface area contributed by atoms with E-state index in [1.165, 1.54) is 7.11 Å². The molecule has 0 aliphatic carbocycles. The molecule has 3 N–H and O–H groups in total. The fourth-order valence-electron chi connectivity index (χ4n) is 2.79. The summed E-state index contributed by atoms with van der Waals surface area (Å²) in [5.41, 5.74) is 7.88. The van der Waals surface area contributed by atoms with Gasteiger partial charge in [-0.15, -0.1) is 0 Å². The van der Waals surface area contributed by atoms with Crippen LogP contribution in [-0.2, 0) is 4.74 Å². The average Bonchev–Trinajstić information content (AvgIpc) is 2.46. The summed E-state index contributed by atoms with van der Waals surface area (Å²) in [4.78, 5) is 14.0. The normalized spacial score (nSPS) is 17.9. The molecule has 1 aromatic carbocycles. The Bertz CT molecular complexity index is 480. The summed E-state index contributed by atoms with van der Waals surface area (Å²) in [5.74, 6) is -0.0530. The number of nitrogens with zero attached hydrogens (tertiary/aromatic N) is 1. The summed E-state index contributed by atoms with van der Waals surface area (Å²) in [6.45, 7) is 3.40. The molecule has 5 nitrogen and oxygen atoms in total. The van der Waals surface area contributed by atoms with Crippen LogP contribution in [0.1, 0.15) is 30.1 Å². The van der Waals surface area contributed by atoms with Gasteiger partial charge in [-0.1, -0.05) is 6.07 Å². The Balaban J connectivity index is 2.23. The Morgan fingerprint density at radius 1 is 1.45 bits per heavy atom. The van der Waals surface area contributed by atoms with E-state index in [9.17, 15) is 9.90 Å². The number of carbonyl (C=O) groups excluding carboxylic acids is 1. The van der Waals surface area contributed by atoms with Gasteiger partial charge >= 0.3 is 5.97 Å². The van der Waals surface area contributed by atoms with Crippen LogP contribution in [0, 0.1) is 5.92 Å². The number of benzene rings is 1. The van der Waals surface area contributed by atoms with Gasteiger partial charge < -0.3 is 20.5 Å². The van der Waals surface area contributed by atoms with Gasteiger partial charge in [0.15, 0.2) is 0 Å². The number of rotatable bonds is 3. The van der Waals surface area contributed by atoms with Crippen molar-refractivity contribution in [3.63, 3.8) is 0 Å². The first kappa shape index (κ1) is 14.7. The third-order valence-electron chi connectivity index (χ3n) is 4.01. The van der Waals surface area contributed by atoms with Gasteiger partial charge in [0.1, 0.15) is 0 Å². The molecule has 1 aliphatic heterocycles. The lowest BCUT2D eigenvalue weighted by Gasteiger charge is -2.36. The van der Waals surface area contributed by atoms with Crippen molar-refractivity contribution in [1.29, 1.82) is 0 Å². The second-order valence-electron chi connectivity index (χ2n) is 5.30. The molecule has 1 heterocycles. The minimum Gasteiger partial charge on any atom is -0.465 e. The molecule has 0 bridgehead atoms. The van der Waals surface area contributed by atoms with Crippen LogP contribution >= 0.6 is 0 Å². The molecule has 2 rings (SSSR count). The van der Waals surface area contributed by atoms with Crippen molar-refractivity contribution in [3.8, 4) is 0 Å². The number of nitrogens with two attached hydrogens (primary N) is 1. The molecule has 1 unspecified atom stereocenters. The number of anilines is 2. The molecule has 0 amide bonds. The number of ether oxygens (including phenoxy) is 1. The average molecular weight is 278 g/mol. The highest BCUT2D eigenvalue weighted by Crippen LogP contribution is 2.32. The lowest BCUT2D eigenvalue weighted by molar-refractivity contribution is 0.0601. The summed E-state index contributed by atoms with van der Waals surface area (Å²) in [6, 6.07) is 5.29. The monoisotopic (exact) mass is 278 g/mol. The smallest absolute Gasteiger partial charge is 0.340 e. The van der Waals surface area contributed by atoms with Crippen LogP contribution in [-0.4, -0.2) is 37.4 Å². The number of hydrogen-bond donors (Lipinski definition) is 2. The van der Waals surface area contributed by atoms with Gasteiger partial charge in [-0.25, -0.2) is 4.79 Å². The lowest BCUT2D eigenvalue weighted by Crippen LogP contribution is -2.38. The minimum absolute atomic E-state index is 0.287. The molecule has 5 heteroatoms. The number of aliphatic hydroxyl groups is 1. The Morgan fingerprint density at radius 2 is 2.10 bits per heavy atom. The van der Waals surface area contributed by atoms with Crippen LogP contribution in [0.15, 0.2) is 18.2 Å². The van der Waals surface area contributed by atoms with Crippen molar-refractivity contribution < 1.29 is 14.6 Å². The molecule has 0 aromatic heterocycles. The summed E-state index contributed by atoms with van der Waals surface area (Å²) in [7, 11) is 1.37. The third-order valence-corrected chi connectivity index (χ3v) is 4.01.